The summed E-state index contributed by atoms with van der Waals surface area (Å²) in [5.41, 5.74) is 2.40. The number of thioether (sulfide) groups is 1. The van der Waals surface area contributed by atoms with Crippen molar-refractivity contribution >= 4 is 46.5 Å². The Kier molecular flexibility index (Phi) is 8.79. The van der Waals surface area contributed by atoms with Crippen molar-refractivity contribution in [1.29, 1.82) is 0 Å². The van der Waals surface area contributed by atoms with Gasteiger partial charge in [-0.15, -0.1) is 11.8 Å². The maximum atomic E-state index is 14.0. The molecule has 2 bridgehead atoms. The van der Waals surface area contributed by atoms with Crippen LogP contribution in [-0.4, -0.2) is 76.6 Å². The van der Waals surface area contributed by atoms with Gasteiger partial charge in [0.1, 0.15) is 11.8 Å². The summed E-state index contributed by atoms with van der Waals surface area (Å²) in [7, 11) is 0. The number of carbonyl (C=O) groups excluding carboxylic acids is 3. The van der Waals surface area contributed by atoms with Crippen molar-refractivity contribution in [3.8, 4) is 5.75 Å². The molecule has 2 aromatic carbocycles. The third-order valence-corrected chi connectivity index (χ3v) is 10.6. The number of aliphatic hydroxyl groups is 1. The van der Waals surface area contributed by atoms with Gasteiger partial charge in [0, 0.05) is 48.6 Å². The van der Waals surface area contributed by atoms with Gasteiger partial charge < -0.3 is 30.3 Å². The smallest absolute Gasteiger partial charge is 0.248 e. The van der Waals surface area contributed by atoms with Gasteiger partial charge in [-0.1, -0.05) is 0 Å². The molecule has 1 spiro atoms. The molecule has 0 saturated carbocycles. The van der Waals surface area contributed by atoms with Crippen molar-refractivity contribution in [2.75, 3.05) is 48.4 Å². The summed E-state index contributed by atoms with van der Waals surface area (Å²) in [5, 5.41) is 15.6. The molecule has 2 aromatic rings. The first-order valence-corrected chi connectivity index (χ1v) is 15.5. The van der Waals surface area contributed by atoms with Crippen LogP contribution in [0.1, 0.15) is 40.0 Å². The van der Waals surface area contributed by atoms with Gasteiger partial charge in [0.25, 0.3) is 0 Å². The van der Waals surface area contributed by atoms with Crippen LogP contribution in [0.2, 0.25) is 0 Å². The molecule has 5 atom stereocenters. The van der Waals surface area contributed by atoms with Crippen LogP contribution in [0.25, 0.3) is 0 Å². The van der Waals surface area contributed by atoms with E-state index in [4.69, 9.17) is 4.74 Å². The maximum Gasteiger partial charge on any atom is 0.248 e. The molecule has 0 aliphatic carbocycles. The van der Waals surface area contributed by atoms with E-state index in [9.17, 15) is 19.5 Å². The minimum Gasteiger partial charge on any atom is -0.494 e. The van der Waals surface area contributed by atoms with Crippen LogP contribution in [0.3, 0.4) is 0 Å². The number of nitrogens with zero attached hydrogens (tertiary/aromatic N) is 2. The van der Waals surface area contributed by atoms with Crippen LogP contribution >= 0.6 is 11.8 Å². The number of benzene rings is 2. The number of rotatable bonds is 12. The number of nitrogens with one attached hydrogen (secondary N) is 2. The molecule has 0 aromatic heterocycles. The highest BCUT2D eigenvalue weighted by atomic mass is 32.2. The number of hydrogen-bond acceptors (Lipinski definition) is 7. The largest absolute Gasteiger partial charge is 0.494 e. The third-order valence-electron chi connectivity index (χ3n) is 8.60. The molecule has 0 radical (unpaired) electrons. The molecule has 3 aliphatic rings. The number of aliphatic hydroxyl groups excluding tert-OH is 1. The van der Waals surface area contributed by atoms with Crippen LogP contribution in [0.15, 0.2) is 48.5 Å². The highest BCUT2D eigenvalue weighted by molar-refractivity contribution is 8.02. The lowest BCUT2D eigenvalue weighted by Crippen LogP contribution is -2.51. The maximum absolute atomic E-state index is 14.0. The number of ether oxygens (including phenoxy) is 1. The second-order valence-corrected chi connectivity index (χ2v) is 12.4. The lowest BCUT2D eigenvalue weighted by molar-refractivity contribution is -0.138. The molecule has 9 nitrogen and oxygen atoms in total. The zero-order valence-corrected chi connectivity index (χ0v) is 24.8. The quantitative estimate of drug-likeness (QED) is 0.348. The second-order valence-electron chi connectivity index (χ2n) is 10.8. The third kappa shape index (κ3) is 5.39. The average Bonchev–Trinajstić information content (AvgIpc) is 3.62. The summed E-state index contributed by atoms with van der Waals surface area (Å²) in [6.45, 7) is 8.65. The lowest BCUT2D eigenvalue weighted by Gasteiger charge is -2.34. The molecule has 220 valence electrons. The monoisotopic (exact) mass is 580 g/mol. The normalized spacial score (nSPS) is 26.1. The first-order chi connectivity index (χ1) is 19.9. The number of carbonyl (C=O) groups is 3. The van der Waals surface area contributed by atoms with Crippen molar-refractivity contribution in [2.24, 2.45) is 11.8 Å². The van der Waals surface area contributed by atoms with E-state index in [0.717, 1.165) is 30.9 Å². The van der Waals surface area contributed by atoms with Gasteiger partial charge in [-0.3, -0.25) is 14.4 Å². The van der Waals surface area contributed by atoms with Crippen molar-refractivity contribution in [3.63, 3.8) is 0 Å². The Hall–Kier alpha value is -3.24. The van der Waals surface area contributed by atoms with E-state index >= 15 is 0 Å². The fraction of sp³-hybridized carbons (Fsp3) is 0.516. The molecule has 3 amide bonds. The Bertz CT molecular complexity index is 1250. The summed E-state index contributed by atoms with van der Waals surface area (Å²) in [6.07, 6.45) is 1.83. The Morgan fingerprint density at radius 1 is 1.02 bits per heavy atom. The van der Waals surface area contributed by atoms with Gasteiger partial charge in [0.2, 0.25) is 17.7 Å². The summed E-state index contributed by atoms with van der Waals surface area (Å²) in [6, 6.07) is 14.3. The van der Waals surface area contributed by atoms with E-state index in [1.54, 1.807) is 28.8 Å². The van der Waals surface area contributed by atoms with E-state index < -0.39 is 22.6 Å². The molecule has 5 rings (SSSR count). The number of fused-ring (bicyclic) bond motifs is 1. The predicted molar refractivity (Wildman–Crippen MR) is 162 cm³/mol. The zero-order valence-electron chi connectivity index (χ0n) is 24.0. The number of amides is 3. The minimum atomic E-state index is -0.715. The van der Waals surface area contributed by atoms with Crippen LogP contribution in [0, 0.1) is 11.8 Å². The van der Waals surface area contributed by atoms with E-state index in [0.29, 0.717) is 30.8 Å². The molecule has 3 fully saturated rings. The molecule has 3 N–H and O–H groups in total. The fourth-order valence-corrected chi connectivity index (χ4v) is 9.04. The van der Waals surface area contributed by atoms with Gasteiger partial charge >= 0.3 is 0 Å². The van der Waals surface area contributed by atoms with E-state index in [1.165, 1.54) is 0 Å². The summed E-state index contributed by atoms with van der Waals surface area (Å²) in [5.74, 6) is -1.00. The van der Waals surface area contributed by atoms with E-state index in [1.807, 2.05) is 43.3 Å². The first-order valence-electron chi connectivity index (χ1n) is 14.7. The predicted octanol–water partition coefficient (Wildman–Crippen LogP) is 3.98. The van der Waals surface area contributed by atoms with Crippen LogP contribution < -0.4 is 20.3 Å². The van der Waals surface area contributed by atoms with Gasteiger partial charge in [-0.05, 0) is 88.6 Å². The highest BCUT2D eigenvalue weighted by Gasteiger charge is 2.73. The van der Waals surface area contributed by atoms with Gasteiger partial charge in [0.15, 0.2) is 0 Å². The van der Waals surface area contributed by atoms with Crippen LogP contribution in [0.5, 0.6) is 5.75 Å². The number of anilines is 3. The number of hydrogen-bond donors (Lipinski definition) is 3. The van der Waals surface area contributed by atoms with Crippen molar-refractivity contribution in [3.05, 3.63) is 48.5 Å². The SMILES string of the molecule is CCOc1ccc(NC(=O)[C@@H]2[C@H]3C(=O)N(CCCO)C(C(=O)Nc4ccc(N(CC)CC)cc4)C34CC[C@H]2S4)cc1. The molecule has 3 heterocycles. The molecular weight excluding hydrogens is 540 g/mol. The summed E-state index contributed by atoms with van der Waals surface area (Å²) in [4.78, 5) is 45.4. The van der Waals surface area contributed by atoms with Crippen molar-refractivity contribution in [1.82, 2.24) is 4.90 Å². The molecule has 3 aliphatic heterocycles. The fourth-order valence-electron chi connectivity index (χ4n) is 6.82. The van der Waals surface area contributed by atoms with E-state index in [2.05, 4.69) is 29.4 Å². The standard InChI is InChI=1S/C31H40N4O5S/c1-4-34(5-2)22-12-8-20(9-13-22)33-29(38)27-31-17-16-24(41-31)25(26(31)30(39)35(27)18-7-19-36)28(37)32-21-10-14-23(15-11-21)40-6-3/h8-15,24-27,36H,4-7,16-19H2,1-3H3,(H,32,37)(H,33,38)/t24-,25+,26+,27?,31?/m1/s1. The van der Waals surface area contributed by atoms with Crippen LogP contribution in [0.4, 0.5) is 17.1 Å². The molecule has 2 unspecified atom stereocenters. The summed E-state index contributed by atoms with van der Waals surface area (Å²) < 4.78 is 4.82. The molecular formula is C31H40N4O5S. The van der Waals surface area contributed by atoms with Gasteiger partial charge in [-0.25, -0.2) is 0 Å². The van der Waals surface area contributed by atoms with Crippen LogP contribution in [-0.2, 0) is 14.4 Å². The topological polar surface area (TPSA) is 111 Å². The first kappa shape index (κ1) is 29.3. The lowest BCUT2D eigenvalue weighted by atomic mass is 9.70. The van der Waals surface area contributed by atoms with E-state index in [-0.39, 0.29) is 36.1 Å². The zero-order chi connectivity index (χ0) is 29.1. The van der Waals surface area contributed by atoms with Crippen molar-refractivity contribution < 1.29 is 24.2 Å². The minimum absolute atomic E-state index is 0.0321. The Morgan fingerprint density at radius 3 is 2.27 bits per heavy atom. The summed E-state index contributed by atoms with van der Waals surface area (Å²) >= 11 is 1.63. The Balaban J connectivity index is 1.38. The second kappa shape index (κ2) is 12.3. The Labute approximate surface area is 246 Å². The molecule has 10 heteroatoms. The van der Waals surface area contributed by atoms with Gasteiger partial charge in [0.05, 0.1) is 23.2 Å². The van der Waals surface area contributed by atoms with Gasteiger partial charge in [-0.2, -0.15) is 0 Å². The average molecular weight is 581 g/mol. The Morgan fingerprint density at radius 2 is 1.66 bits per heavy atom. The number of likely N-dealkylation sites (tertiary alicyclic amines) is 1. The highest BCUT2D eigenvalue weighted by Crippen LogP contribution is 2.66. The van der Waals surface area contributed by atoms with Crippen molar-refractivity contribution in [2.45, 2.75) is 56.1 Å². The molecule has 41 heavy (non-hydrogen) atoms. The molecule has 3 saturated heterocycles.